The van der Waals surface area contributed by atoms with Crippen molar-refractivity contribution in [3.05, 3.63) is 35.4 Å². The van der Waals surface area contributed by atoms with Crippen molar-refractivity contribution in [2.24, 2.45) is 0 Å². The fourth-order valence-electron chi connectivity index (χ4n) is 1.80. The molecule has 0 aliphatic carbocycles. The Morgan fingerprint density at radius 1 is 1.38 bits per heavy atom. The minimum absolute atomic E-state index is 0.131. The number of hydrogen-bond acceptors (Lipinski definition) is 5. The molecule has 6 nitrogen and oxygen atoms in total. The Morgan fingerprint density at radius 2 is 2.05 bits per heavy atom. The average molecular weight is 285 g/mol. The Morgan fingerprint density at radius 3 is 2.57 bits per heavy atom. The molecule has 0 unspecified atom stereocenters. The van der Waals surface area contributed by atoms with Crippen molar-refractivity contribution in [1.29, 1.82) is 10.5 Å². The Bertz CT molecular complexity index is 596. The topological polar surface area (TPSA) is 97.3 Å². The summed E-state index contributed by atoms with van der Waals surface area (Å²) in [6, 6.07) is 9.26. The second-order valence-corrected chi connectivity index (χ2v) is 4.20. The van der Waals surface area contributed by atoms with E-state index in [1.165, 1.54) is 13.2 Å². The maximum Gasteiger partial charge on any atom is 0.328 e. The van der Waals surface area contributed by atoms with Crippen molar-refractivity contribution in [2.45, 2.75) is 6.54 Å². The van der Waals surface area contributed by atoms with Crippen LogP contribution in [0.25, 0.3) is 6.08 Å². The standard InChI is InChI=1S/C15H15N3O3/c1-21-14-4-2-12(3-5-15(19)20)10-13(14)11-18(8-6-16)9-7-17/h2-5,10H,8-9,11H2,1H3,(H,19,20). The molecule has 0 aromatic heterocycles. The lowest BCUT2D eigenvalue weighted by atomic mass is 10.1. The Balaban J connectivity index is 3.02. The third-order valence-corrected chi connectivity index (χ3v) is 2.71. The molecule has 21 heavy (non-hydrogen) atoms. The van der Waals surface area contributed by atoms with Gasteiger partial charge in [-0.05, 0) is 23.8 Å². The fraction of sp³-hybridized carbons (Fsp3) is 0.267. The second kappa shape index (κ2) is 8.36. The highest BCUT2D eigenvalue weighted by molar-refractivity contribution is 5.85. The molecule has 0 aliphatic rings. The Labute approximate surface area is 123 Å². The summed E-state index contributed by atoms with van der Waals surface area (Å²) in [7, 11) is 1.53. The van der Waals surface area contributed by atoms with E-state index < -0.39 is 5.97 Å². The SMILES string of the molecule is COc1ccc(C=CC(=O)O)cc1CN(CC#N)CC#N. The van der Waals surface area contributed by atoms with E-state index in [4.69, 9.17) is 20.4 Å². The van der Waals surface area contributed by atoms with Crippen LogP contribution in [-0.4, -0.2) is 36.2 Å². The zero-order chi connectivity index (χ0) is 15.7. The summed E-state index contributed by atoms with van der Waals surface area (Å²) in [5.41, 5.74) is 1.50. The third kappa shape index (κ3) is 5.35. The molecule has 0 radical (unpaired) electrons. The minimum atomic E-state index is -1.03. The Kier molecular flexibility index (Phi) is 6.46. The van der Waals surface area contributed by atoms with Gasteiger partial charge in [0.2, 0.25) is 0 Å². The molecule has 0 atom stereocenters. The van der Waals surface area contributed by atoms with E-state index in [-0.39, 0.29) is 13.1 Å². The summed E-state index contributed by atoms with van der Waals surface area (Å²) < 4.78 is 5.25. The van der Waals surface area contributed by atoms with Crippen molar-refractivity contribution in [1.82, 2.24) is 4.90 Å². The first-order chi connectivity index (χ1) is 10.1. The molecule has 108 valence electrons. The number of rotatable bonds is 7. The lowest BCUT2D eigenvalue weighted by Crippen LogP contribution is -2.24. The summed E-state index contributed by atoms with van der Waals surface area (Å²) in [5.74, 6) is -0.397. The van der Waals surface area contributed by atoms with Gasteiger partial charge < -0.3 is 9.84 Å². The highest BCUT2D eigenvalue weighted by Gasteiger charge is 2.10. The van der Waals surface area contributed by atoms with E-state index in [0.29, 0.717) is 17.9 Å². The summed E-state index contributed by atoms with van der Waals surface area (Å²) in [5, 5.41) is 26.2. The predicted molar refractivity (Wildman–Crippen MR) is 76.2 cm³/mol. The first-order valence-electron chi connectivity index (χ1n) is 6.15. The Hall–Kier alpha value is -2.83. The molecule has 0 saturated heterocycles. The van der Waals surface area contributed by atoms with Gasteiger partial charge in [-0.1, -0.05) is 6.07 Å². The molecule has 1 aromatic carbocycles. The highest BCUT2D eigenvalue weighted by Crippen LogP contribution is 2.22. The molecule has 0 aliphatic heterocycles. The third-order valence-electron chi connectivity index (χ3n) is 2.71. The van der Waals surface area contributed by atoms with Crippen LogP contribution >= 0.6 is 0 Å². The number of carbonyl (C=O) groups is 1. The summed E-state index contributed by atoms with van der Waals surface area (Å²) >= 11 is 0. The van der Waals surface area contributed by atoms with Crippen molar-refractivity contribution in [3.8, 4) is 17.9 Å². The molecule has 1 N–H and O–H groups in total. The lowest BCUT2D eigenvalue weighted by molar-refractivity contribution is -0.131. The number of aliphatic carboxylic acids is 1. The van der Waals surface area contributed by atoms with Crippen molar-refractivity contribution < 1.29 is 14.6 Å². The van der Waals surface area contributed by atoms with Gasteiger partial charge in [-0.2, -0.15) is 10.5 Å². The van der Waals surface area contributed by atoms with Crippen LogP contribution in [0.4, 0.5) is 0 Å². The molecule has 0 fully saturated rings. The van der Waals surface area contributed by atoms with E-state index in [9.17, 15) is 4.79 Å². The molecule has 0 amide bonds. The quantitative estimate of drug-likeness (QED) is 0.604. The number of carboxylic acid groups (broad SMARTS) is 1. The van der Waals surface area contributed by atoms with Gasteiger partial charge in [0.15, 0.2) is 0 Å². The van der Waals surface area contributed by atoms with Crippen LogP contribution in [0.5, 0.6) is 5.75 Å². The van der Waals surface area contributed by atoms with Crippen molar-refractivity contribution in [3.63, 3.8) is 0 Å². The van der Waals surface area contributed by atoms with Crippen LogP contribution in [-0.2, 0) is 11.3 Å². The maximum absolute atomic E-state index is 10.5. The number of nitriles is 2. The van der Waals surface area contributed by atoms with Gasteiger partial charge in [0.25, 0.3) is 0 Å². The first-order valence-corrected chi connectivity index (χ1v) is 6.15. The highest BCUT2D eigenvalue weighted by atomic mass is 16.5. The molecule has 0 heterocycles. The van der Waals surface area contributed by atoms with Gasteiger partial charge >= 0.3 is 5.97 Å². The number of hydrogen-bond donors (Lipinski definition) is 1. The molecule has 0 bridgehead atoms. The predicted octanol–water partition coefficient (Wildman–Crippen LogP) is 1.64. The second-order valence-electron chi connectivity index (χ2n) is 4.20. The summed E-state index contributed by atoms with van der Waals surface area (Å²) in [4.78, 5) is 12.2. The maximum atomic E-state index is 10.5. The molecule has 1 aromatic rings. The zero-order valence-corrected chi connectivity index (χ0v) is 11.6. The van der Waals surface area contributed by atoms with Gasteiger partial charge in [-0.15, -0.1) is 0 Å². The van der Waals surface area contributed by atoms with E-state index in [0.717, 1.165) is 11.6 Å². The summed E-state index contributed by atoms with van der Waals surface area (Å²) in [6.07, 6.45) is 2.53. The monoisotopic (exact) mass is 285 g/mol. The van der Waals surface area contributed by atoms with E-state index in [1.54, 1.807) is 23.1 Å². The molecular formula is C15H15N3O3. The molecule has 0 spiro atoms. The van der Waals surface area contributed by atoms with Crippen LogP contribution in [0.1, 0.15) is 11.1 Å². The van der Waals surface area contributed by atoms with E-state index >= 15 is 0 Å². The first kappa shape index (κ1) is 16.2. The fourth-order valence-corrected chi connectivity index (χ4v) is 1.80. The smallest absolute Gasteiger partial charge is 0.328 e. The zero-order valence-electron chi connectivity index (χ0n) is 11.6. The van der Waals surface area contributed by atoms with Gasteiger partial charge in [-0.25, -0.2) is 4.79 Å². The van der Waals surface area contributed by atoms with Crippen LogP contribution in [0.15, 0.2) is 24.3 Å². The van der Waals surface area contributed by atoms with E-state index in [1.807, 2.05) is 12.1 Å². The number of methoxy groups -OCH3 is 1. The summed E-state index contributed by atoms with van der Waals surface area (Å²) in [6.45, 7) is 0.636. The number of nitrogens with zero attached hydrogens (tertiary/aromatic N) is 3. The number of carboxylic acids is 1. The number of benzene rings is 1. The molecule has 6 heteroatoms. The van der Waals surface area contributed by atoms with Crippen LogP contribution < -0.4 is 4.74 Å². The van der Waals surface area contributed by atoms with Gasteiger partial charge in [-0.3, -0.25) is 4.90 Å². The van der Waals surface area contributed by atoms with Gasteiger partial charge in [0.05, 0.1) is 32.3 Å². The normalized spacial score (nSPS) is 10.3. The minimum Gasteiger partial charge on any atom is -0.496 e. The molecule has 1 rings (SSSR count). The van der Waals surface area contributed by atoms with Crippen LogP contribution in [0, 0.1) is 22.7 Å². The van der Waals surface area contributed by atoms with Crippen molar-refractivity contribution >= 4 is 12.0 Å². The lowest BCUT2D eigenvalue weighted by Gasteiger charge is -2.17. The molecular weight excluding hydrogens is 270 g/mol. The van der Waals surface area contributed by atoms with Crippen LogP contribution in [0.2, 0.25) is 0 Å². The van der Waals surface area contributed by atoms with E-state index in [2.05, 4.69) is 0 Å². The largest absolute Gasteiger partial charge is 0.496 e. The molecule has 0 saturated carbocycles. The van der Waals surface area contributed by atoms with Gasteiger partial charge in [0.1, 0.15) is 5.75 Å². The number of ether oxygens (including phenoxy) is 1. The van der Waals surface area contributed by atoms with Crippen LogP contribution in [0.3, 0.4) is 0 Å². The average Bonchev–Trinajstić information content (AvgIpc) is 2.46. The van der Waals surface area contributed by atoms with Gasteiger partial charge in [0, 0.05) is 18.2 Å². The van der Waals surface area contributed by atoms with Crippen molar-refractivity contribution in [2.75, 3.05) is 20.2 Å².